The van der Waals surface area contributed by atoms with Gasteiger partial charge in [0.1, 0.15) is 0 Å². The largest absolute Gasteiger partial charge is 0.472 e. The van der Waals surface area contributed by atoms with Gasteiger partial charge < -0.3 is 9.73 Å². The van der Waals surface area contributed by atoms with Gasteiger partial charge >= 0.3 is 0 Å². The van der Waals surface area contributed by atoms with Crippen LogP contribution in [0.1, 0.15) is 12.0 Å². The highest BCUT2D eigenvalue weighted by atomic mass is 16.3. The third-order valence-electron chi connectivity index (χ3n) is 1.61. The molecule has 0 spiro atoms. The summed E-state index contributed by atoms with van der Waals surface area (Å²) >= 11 is 0. The fraction of sp³-hybridized carbons (Fsp3) is 0.333. The molecule has 1 aromatic heterocycles. The fourth-order valence-corrected chi connectivity index (χ4v) is 0.886. The predicted octanol–water partition coefficient (Wildman–Crippen LogP) is 1.90. The van der Waals surface area contributed by atoms with Crippen molar-refractivity contribution in [2.75, 3.05) is 13.6 Å². The molecule has 0 unspecified atom stereocenters. The zero-order valence-electron chi connectivity index (χ0n) is 6.76. The van der Waals surface area contributed by atoms with Crippen LogP contribution in [0.15, 0.2) is 29.6 Å². The van der Waals surface area contributed by atoms with Crippen molar-refractivity contribution >= 4 is 5.57 Å². The molecule has 0 aliphatic rings. The molecule has 0 radical (unpaired) electrons. The third kappa shape index (κ3) is 2.24. The van der Waals surface area contributed by atoms with Crippen molar-refractivity contribution in [1.82, 2.24) is 5.32 Å². The van der Waals surface area contributed by atoms with Crippen molar-refractivity contribution in [2.24, 2.45) is 0 Å². The van der Waals surface area contributed by atoms with E-state index in [1.165, 1.54) is 0 Å². The van der Waals surface area contributed by atoms with Gasteiger partial charge in [0.05, 0.1) is 12.5 Å². The van der Waals surface area contributed by atoms with Crippen LogP contribution in [0, 0.1) is 0 Å². The minimum atomic E-state index is 0.962. The molecule has 1 aromatic rings. The average Bonchev–Trinajstić information content (AvgIpc) is 2.52. The molecule has 0 amide bonds. The molecular weight excluding hydrogens is 138 g/mol. The molecule has 0 saturated heterocycles. The Balaban J connectivity index is 2.43. The zero-order valence-corrected chi connectivity index (χ0v) is 6.76. The maximum absolute atomic E-state index is 4.93. The molecule has 0 aliphatic heterocycles. The van der Waals surface area contributed by atoms with Gasteiger partial charge in [0, 0.05) is 5.56 Å². The van der Waals surface area contributed by atoms with Crippen LogP contribution in [0.4, 0.5) is 0 Å². The van der Waals surface area contributed by atoms with E-state index in [0.717, 1.165) is 24.1 Å². The Kier molecular flexibility index (Phi) is 2.93. The molecule has 2 nitrogen and oxygen atoms in total. The van der Waals surface area contributed by atoms with Gasteiger partial charge in [-0.15, -0.1) is 0 Å². The first-order valence-electron chi connectivity index (χ1n) is 3.69. The smallest absolute Gasteiger partial charge is 0.0977 e. The summed E-state index contributed by atoms with van der Waals surface area (Å²) in [6.45, 7) is 4.90. The van der Waals surface area contributed by atoms with Gasteiger partial charge in [0.15, 0.2) is 0 Å². The van der Waals surface area contributed by atoms with Crippen LogP contribution in [0.3, 0.4) is 0 Å². The highest BCUT2D eigenvalue weighted by Gasteiger charge is 1.97. The number of hydrogen-bond acceptors (Lipinski definition) is 2. The van der Waals surface area contributed by atoms with E-state index in [0.29, 0.717) is 0 Å². The minimum absolute atomic E-state index is 0.962. The van der Waals surface area contributed by atoms with Crippen LogP contribution in [0.5, 0.6) is 0 Å². The molecular formula is C9H13NO. The standard InChI is InChI=1S/C9H13NO/c1-8(3-5-10-2)9-4-6-11-7-9/h4,6-7,10H,1,3,5H2,2H3. The van der Waals surface area contributed by atoms with Crippen molar-refractivity contribution in [3.63, 3.8) is 0 Å². The molecule has 0 aliphatic carbocycles. The van der Waals surface area contributed by atoms with E-state index >= 15 is 0 Å². The lowest BCUT2D eigenvalue weighted by Crippen LogP contribution is -2.07. The van der Waals surface area contributed by atoms with Gasteiger partial charge in [-0.05, 0) is 31.7 Å². The quantitative estimate of drug-likeness (QED) is 0.711. The van der Waals surface area contributed by atoms with Crippen LogP contribution in [0.2, 0.25) is 0 Å². The molecule has 0 aromatic carbocycles. The van der Waals surface area contributed by atoms with E-state index in [-0.39, 0.29) is 0 Å². The van der Waals surface area contributed by atoms with Crippen LogP contribution in [0.25, 0.3) is 5.57 Å². The van der Waals surface area contributed by atoms with Gasteiger partial charge in [0.25, 0.3) is 0 Å². The lowest BCUT2D eigenvalue weighted by Gasteiger charge is -2.00. The Morgan fingerprint density at radius 2 is 2.55 bits per heavy atom. The third-order valence-corrected chi connectivity index (χ3v) is 1.61. The molecule has 0 saturated carbocycles. The van der Waals surface area contributed by atoms with E-state index in [4.69, 9.17) is 4.42 Å². The second kappa shape index (κ2) is 3.98. The van der Waals surface area contributed by atoms with Gasteiger partial charge in [-0.2, -0.15) is 0 Å². The summed E-state index contributed by atoms with van der Waals surface area (Å²) in [6, 6.07) is 1.93. The monoisotopic (exact) mass is 151 g/mol. The molecule has 0 fully saturated rings. The molecule has 0 atom stereocenters. The van der Waals surface area contributed by atoms with Crippen LogP contribution in [-0.2, 0) is 0 Å². The predicted molar refractivity (Wildman–Crippen MR) is 46.3 cm³/mol. The molecule has 11 heavy (non-hydrogen) atoms. The van der Waals surface area contributed by atoms with Gasteiger partial charge in [0.2, 0.25) is 0 Å². The zero-order chi connectivity index (χ0) is 8.10. The number of rotatable bonds is 4. The van der Waals surface area contributed by atoms with Crippen LogP contribution >= 0.6 is 0 Å². The SMILES string of the molecule is C=C(CCNC)c1ccoc1. The number of nitrogens with one attached hydrogen (secondary N) is 1. The summed E-state index contributed by atoms with van der Waals surface area (Å²) in [4.78, 5) is 0. The Bertz CT molecular complexity index is 213. The van der Waals surface area contributed by atoms with E-state index in [1.807, 2.05) is 13.1 Å². The molecule has 1 heterocycles. The van der Waals surface area contributed by atoms with E-state index < -0.39 is 0 Å². The molecule has 60 valence electrons. The second-order valence-corrected chi connectivity index (χ2v) is 2.47. The topological polar surface area (TPSA) is 25.2 Å². The maximum Gasteiger partial charge on any atom is 0.0977 e. The van der Waals surface area contributed by atoms with Crippen molar-refractivity contribution < 1.29 is 4.42 Å². The number of furan rings is 1. The van der Waals surface area contributed by atoms with Crippen molar-refractivity contribution in [1.29, 1.82) is 0 Å². The summed E-state index contributed by atoms with van der Waals surface area (Å²) in [5.41, 5.74) is 2.22. The normalized spacial score (nSPS) is 9.91. The van der Waals surface area contributed by atoms with Crippen LogP contribution in [-0.4, -0.2) is 13.6 Å². The molecule has 2 heteroatoms. The van der Waals surface area contributed by atoms with Gasteiger partial charge in [-0.1, -0.05) is 6.58 Å². The molecule has 0 bridgehead atoms. The Morgan fingerprint density at radius 3 is 3.09 bits per heavy atom. The fourth-order valence-electron chi connectivity index (χ4n) is 0.886. The maximum atomic E-state index is 4.93. The summed E-state index contributed by atoms with van der Waals surface area (Å²) in [7, 11) is 1.93. The summed E-state index contributed by atoms with van der Waals surface area (Å²) in [6.07, 6.45) is 4.36. The molecule has 1 N–H and O–H groups in total. The lowest BCUT2D eigenvalue weighted by molar-refractivity contribution is 0.566. The van der Waals surface area contributed by atoms with Gasteiger partial charge in [-0.3, -0.25) is 0 Å². The first kappa shape index (κ1) is 8.08. The Labute approximate surface area is 66.9 Å². The first-order chi connectivity index (χ1) is 5.34. The van der Waals surface area contributed by atoms with E-state index in [2.05, 4.69) is 11.9 Å². The highest BCUT2D eigenvalue weighted by Crippen LogP contribution is 2.14. The minimum Gasteiger partial charge on any atom is -0.472 e. The van der Waals surface area contributed by atoms with Crippen molar-refractivity contribution in [3.8, 4) is 0 Å². The number of hydrogen-bond donors (Lipinski definition) is 1. The summed E-state index contributed by atoms with van der Waals surface area (Å²) in [5.74, 6) is 0. The van der Waals surface area contributed by atoms with Crippen LogP contribution < -0.4 is 5.32 Å². The van der Waals surface area contributed by atoms with Gasteiger partial charge in [-0.25, -0.2) is 0 Å². The Morgan fingerprint density at radius 1 is 1.73 bits per heavy atom. The first-order valence-corrected chi connectivity index (χ1v) is 3.69. The van der Waals surface area contributed by atoms with E-state index in [1.54, 1.807) is 12.5 Å². The van der Waals surface area contributed by atoms with Crippen molar-refractivity contribution in [2.45, 2.75) is 6.42 Å². The molecule has 1 rings (SSSR count). The highest BCUT2D eigenvalue weighted by molar-refractivity contribution is 5.62. The van der Waals surface area contributed by atoms with E-state index in [9.17, 15) is 0 Å². The average molecular weight is 151 g/mol. The Hall–Kier alpha value is -1.02. The second-order valence-electron chi connectivity index (χ2n) is 2.47. The summed E-state index contributed by atoms with van der Waals surface area (Å²) in [5, 5.41) is 3.07. The lowest BCUT2D eigenvalue weighted by atomic mass is 10.1. The summed E-state index contributed by atoms with van der Waals surface area (Å²) < 4.78 is 4.93. The van der Waals surface area contributed by atoms with Crippen molar-refractivity contribution in [3.05, 3.63) is 30.7 Å².